The molecule has 1 aromatic carbocycles. The Morgan fingerprint density at radius 1 is 1.20 bits per heavy atom. The van der Waals surface area contributed by atoms with Crippen molar-refractivity contribution in [3.8, 4) is 0 Å². The van der Waals surface area contributed by atoms with Crippen LogP contribution in [-0.2, 0) is 0 Å². The molecule has 1 unspecified atom stereocenters. The third-order valence-corrected chi connectivity index (χ3v) is 2.70. The van der Waals surface area contributed by atoms with Crippen LogP contribution in [0.4, 0.5) is 0 Å². The van der Waals surface area contributed by atoms with E-state index in [2.05, 4.69) is 18.0 Å². The number of aliphatic hydroxyl groups excluding tert-OH is 1. The zero-order chi connectivity index (χ0) is 11.0. The van der Waals surface area contributed by atoms with Gasteiger partial charge in [0.2, 0.25) is 0 Å². The smallest absolute Gasteiger partial charge is 0.0932 e. The number of hydrogen-bond acceptors (Lipinski definition) is 2. The third-order valence-electron chi connectivity index (χ3n) is 2.70. The SMILES string of the molecule is Cc1cc(C(C)O)nc2c(C)cccc12. The summed E-state index contributed by atoms with van der Waals surface area (Å²) in [7, 11) is 0. The van der Waals surface area contributed by atoms with Gasteiger partial charge in [-0.25, -0.2) is 4.98 Å². The van der Waals surface area contributed by atoms with Crippen LogP contribution in [0.5, 0.6) is 0 Å². The number of benzene rings is 1. The summed E-state index contributed by atoms with van der Waals surface area (Å²) in [4.78, 5) is 4.49. The highest BCUT2D eigenvalue weighted by molar-refractivity contribution is 5.84. The van der Waals surface area contributed by atoms with Gasteiger partial charge in [-0.3, -0.25) is 0 Å². The molecule has 0 fully saturated rings. The van der Waals surface area contributed by atoms with Crippen molar-refractivity contribution in [1.82, 2.24) is 4.98 Å². The molecule has 78 valence electrons. The van der Waals surface area contributed by atoms with Crippen molar-refractivity contribution in [1.29, 1.82) is 0 Å². The van der Waals surface area contributed by atoms with E-state index in [9.17, 15) is 5.11 Å². The van der Waals surface area contributed by atoms with Crippen LogP contribution in [0.25, 0.3) is 10.9 Å². The monoisotopic (exact) mass is 201 g/mol. The molecule has 1 N–H and O–H groups in total. The van der Waals surface area contributed by atoms with E-state index >= 15 is 0 Å². The van der Waals surface area contributed by atoms with Crippen LogP contribution in [0.1, 0.15) is 29.8 Å². The van der Waals surface area contributed by atoms with Crippen LogP contribution in [-0.4, -0.2) is 10.1 Å². The van der Waals surface area contributed by atoms with Gasteiger partial charge in [0.1, 0.15) is 0 Å². The second-order valence-electron chi connectivity index (χ2n) is 4.01. The van der Waals surface area contributed by atoms with Crippen LogP contribution in [0.15, 0.2) is 24.3 Å². The van der Waals surface area contributed by atoms with E-state index < -0.39 is 6.10 Å². The van der Waals surface area contributed by atoms with E-state index in [-0.39, 0.29) is 0 Å². The molecule has 2 aromatic rings. The van der Waals surface area contributed by atoms with Crippen molar-refractivity contribution in [3.63, 3.8) is 0 Å². The average molecular weight is 201 g/mol. The fourth-order valence-electron chi connectivity index (χ4n) is 1.80. The molecule has 0 radical (unpaired) electrons. The summed E-state index contributed by atoms with van der Waals surface area (Å²) in [6.07, 6.45) is -0.507. The summed E-state index contributed by atoms with van der Waals surface area (Å²) in [5, 5.41) is 10.7. The standard InChI is InChI=1S/C13H15NO/c1-8-5-4-6-11-9(2)7-12(10(3)15)14-13(8)11/h4-7,10,15H,1-3H3. The van der Waals surface area contributed by atoms with Gasteiger partial charge in [-0.2, -0.15) is 0 Å². The Balaban J connectivity index is 2.80. The fourth-order valence-corrected chi connectivity index (χ4v) is 1.80. The first-order valence-corrected chi connectivity index (χ1v) is 5.14. The number of aliphatic hydroxyl groups is 1. The van der Waals surface area contributed by atoms with Crippen LogP contribution in [0.2, 0.25) is 0 Å². The molecule has 2 nitrogen and oxygen atoms in total. The highest BCUT2D eigenvalue weighted by Crippen LogP contribution is 2.23. The van der Waals surface area contributed by atoms with Crippen LogP contribution in [0, 0.1) is 13.8 Å². The summed E-state index contributed by atoms with van der Waals surface area (Å²) in [5.41, 5.74) is 4.06. The summed E-state index contributed by atoms with van der Waals surface area (Å²) < 4.78 is 0. The molecule has 0 amide bonds. The van der Waals surface area contributed by atoms with E-state index in [0.717, 1.165) is 16.8 Å². The molecule has 1 atom stereocenters. The van der Waals surface area contributed by atoms with Crippen molar-refractivity contribution >= 4 is 10.9 Å². The second-order valence-corrected chi connectivity index (χ2v) is 4.01. The number of nitrogens with zero attached hydrogens (tertiary/aromatic N) is 1. The molecule has 0 aliphatic carbocycles. The van der Waals surface area contributed by atoms with E-state index in [1.165, 1.54) is 10.9 Å². The van der Waals surface area contributed by atoms with Gasteiger partial charge in [0, 0.05) is 5.39 Å². The van der Waals surface area contributed by atoms with Gasteiger partial charge in [0.25, 0.3) is 0 Å². The first kappa shape index (κ1) is 10.1. The van der Waals surface area contributed by atoms with Gasteiger partial charge in [-0.1, -0.05) is 18.2 Å². The number of fused-ring (bicyclic) bond motifs is 1. The lowest BCUT2D eigenvalue weighted by atomic mass is 10.0. The summed E-state index contributed by atoms with van der Waals surface area (Å²) in [6, 6.07) is 8.10. The van der Waals surface area contributed by atoms with E-state index in [4.69, 9.17) is 0 Å². The Morgan fingerprint density at radius 3 is 2.60 bits per heavy atom. The van der Waals surface area contributed by atoms with E-state index in [1.807, 2.05) is 25.1 Å². The van der Waals surface area contributed by atoms with Gasteiger partial charge in [0.05, 0.1) is 17.3 Å². The predicted octanol–water partition coefficient (Wildman–Crippen LogP) is 2.90. The topological polar surface area (TPSA) is 33.1 Å². The fraction of sp³-hybridized carbons (Fsp3) is 0.308. The predicted molar refractivity (Wildman–Crippen MR) is 61.9 cm³/mol. The molecule has 0 aliphatic heterocycles. The second kappa shape index (κ2) is 3.63. The molecule has 2 heteroatoms. The number of rotatable bonds is 1. The van der Waals surface area contributed by atoms with Crippen molar-refractivity contribution in [2.75, 3.05) is 0 Å². The van der Waals surface area contributed by atoms with Crippen LogP contribution >= 0.6 is 0 Å². The maximum absolute atomic E-state index is 9.54. The molecule has 15 heavy (non-hydrogen) atoms. The Kier molecular flexibility index (Phi) is 2.45. The lowest BCUT2D eigenvalue weighted by Crippen LogP contribution is -1.98. The first-order valence-electron chi connectivity index (χ1n) is 5.14. The maximum Gasteiger partial charge on any atom is 0.0932 e. The van der Waals surface area contributed by atoms with Gasteiger partial charge in [0.15, 0.2) is 0 Å². The Labute approximate surface area is 89.6 Å². The molecular formula is C13H15NO. The zero-order valence-electron chi connectivity index (χ0n) is 9.28. The molecular weight excluding hydrogens is 186 g/mol. The Morgan fingerprint density at radius 2 is 1.93 bits per heavy atom. The van der Waals surface area contributed by atoms with E-state index in [1.54, 1.807) is 6.92 Å². The summed E-state index contributed by atoms with van der Waals surface area (Å²) in [6.45, 7) is 5.84. The number of aryl methyl sites for hydroxylation is 2. The van der Waals surface area contributed by atoms with Gasteiger partial charge in [-0.15, -0.1) is 0 Å². The lowest BCUT2D eigenvalue weighted by molar-refractivity contribution is 0.194. The van der Waals surface area contributed by atoms with Gasteiger partial charge < -0.3 is 5.11 Å². The average Bonchev–Trinajstić information content (AvgIpc) is 2.19. The zero-order valence-corrected chi connectivity index (χ0v) is 9.28. The first-order chi connectivity index (χ1) is 7.09. The van der Waals surface area contributed by atoms with Crippen molar-refractivity contribution in [2.45, 2.75) is 26.9 Å². The number of aromatic nitrogens is 1. The molecule has 1 heterocycles. The maximum atomic E-state index is 9.54. The molecule has 0 aliphatic rings. The highest BCUT2D eigenvalue weighted by Gasteiger charge is 2.07. The van der Waals surface area contributed by atoms with Crippen molar-refractivity contribution < 1.29 is 5.11 Å². The third kappa shape index (κ3) is 1.73. The number of pyridine rings is 1. The van der Waals surface area contributed by atoms with Crippen molar-refractivity contribution in [2.24, 2.45) is 0 Å². The number of hydrogen-bond donors (Lipinski definition) is 1. The van der Waals surface area contributed by atoms with E-state index in [0.29, 0.717) is 0 Å². The minimum atomic E-state index is -0.507. The molecule has 1 aromatic heterocycles. The van der Waals surface area contributed by atoms with Crippen molar-refractivity contribution in [3.05, 3.63) is 41.1 Å². The lowest BCUT2D eigenvalue weighted by Gasteiger charge is -2.09. The van der Waals surface area contributed by atoms with Gasteiger partial charge >= 0.3 is 0 Å². The molecule has 0 saturated heterocycles. The van der Waals surface area contributed by atoms with Crippen LogP contribution in [0.3, 0.4) is 0 Å². The molecule has 0 saturated carbocycles. The Bertz CT molecular complexity index is 503. The minimum absolute atomic E-state index is 0.507. The molecule has 0 bridgehead atoms. The largest absolute Gasteiger partial charge is 0.387 e. The molecule has 0 spiro atoms. The molecule has 2 rings (SSSR count). The highest BCUT2D eigenvalue weighted by atomic mass is 16.3. The summed E-state index contributed by atoms with van der Waals surface area (Å²) in [5.74, 6) is 0. The van der Waals surface area contributed by atoms with Gasteiger partial charge in [-0.05, 0) is 38.0 Å². The quantitative estimate of drug-likeness (QED) is 0.769. The normalized spacial score (nSPS) is 13.1. The number of para-hydroxylation sites is 1. The minimum Gasteiger partial charge on any atom is -0.387 e. The van der Waals surface area contributed by atoms with Crippen LogP contribution < -0.4 is 0 Å². The summed E-state index contributed by atoms with van der Waals surface area (Å²) >= 11 is 0. The Hall–Kier alpha value is -1.41.